The molecule has 0 bridgehead atoms. The molecule has 5 nitrogen and oxygen atoms in total. The molecule has 0 aromatic heterocycles. The zero-order chi connectivity index (χ0) is 17.5. The number of benzene rings is 2. The molecule has 0 heterocycles. The zero-order valence-corrected chi connectivity index (χ0v) is 14.4. The molecule has 2 rings (SSSR count). The number of nitrogens with one attached hydrogen (secondary N) is 1. The van der Waals surface area contributed by atoms with Crippen LogP contribution >= 0.6 is 0 Å². The van der Waals surface area contributed by atoms with Crippen molar-refractivity contribution in [1.29, 1.82) is 0 Å². The fourth-order valence-corrected chi connectivity index (χ4v) is 2.14. The maximum absolute atomic E-state index is 12.2. The number of hydrogen-bond acceptors (Lipinski definition) is 4. The second kappa shape index (κ2) is 8.15. The summed E-state index contributed by atoms with van der Waals surface area (Å²) in [5.74, 6) is 1.25. The molecule has 0 spiro atoms. The third-order valence-corrected chi connectivity index (χ3v) is 3.60. The van der Waals surface area contributed by atoms with Crippen molar-refractivity contribution < 1.29 is 14.3 Å². The topological polar surface area (TPSA) is 59.9 Å². The number of carbonyl (C=O) groups excluding carboxylic acids is 1. The Bertz CT molecular complexity index is 700. The molecule has 5 heteroatoms. The molecule has 24 heavy (non-hydrogen) atoms. The first-order valence-electron chi connectivity index (χ1n) is 7.70. The molecule has 0 radical (unpaired) electrons. The van der Waals surface area contributed by atoms with Gasteiger partial charge in [0.1, 0.15) is 11.5 Å². The maximum Gasteiger partial charge on any atom is 0.271 e. The Kier molecular flexibility index (Phi) is 5.95. The van der Waals surface area contributed by atoms with Gasteiger partial charge in [0, 0.05) is 11.6 Å². The van der Waals surface area contributed by atoms with Crippen LogP contribution in [0.5, 0.6) is 11.5 Å². The number of nitrogens with zero attached hydrogens (tertiary/aromatic N) is 1. The smallest absolute Gasteiger partial charge is 0.271 e. The Morgan fingerprint density at radius 1 is 1.04 bits per heavy atom. The first-order valence-corrected chi connectivity index (χ1v) is 7.70. The predicted octanol–water partition coefficient (Wildman–Crippen LogP) is 3.59. The highest BCUT2D eigenvalue weighted by atomic mass is 16.5. The Hall–Kier alpha value is -2.82. The monoisotopic (exact) mass is 326 g/mol. The molecular weight excluding hydrogens is 304 g/mol. The summed E-state index contributed by atoms with van der Waals surface area (Å²) in [6.45, 7) is 4.29. The van der Waals surface area contributed by atoms with Crippen molar-refractivity contribution >= 4 is 12.1 Å². The van der Waals surface area contributed by atoms with Crippen molar-refractivity contribution in [1.82, 2.24) is 5.43 Å². The van der Waals surface area contributed by atoms with Gasteiger partial charge < -0.3 is 9.47 Å². The van der Waals surface area contributed by atoms with E-state index in [0.29, 0.717) is 23.0 Å². The first kappa shape index (κ1) is 17.5. The van der Waals surface area contributed by atoms with Crippen LogP contribution in [0, 0.1) is 0 Å². The molecular formula is C19H22N2O3. The van der Waals surface area contributed by atoms with Gasteiger partial charge in [-0.3, -0.25) is 4.79 Å². The van der Waals surface area contributed by atoms with Crippen LogP contribution in [0.4, 0.5) is 0 Å². The average Bonchev–Trinajstić information content (AvgIpc) is 2.61. The minimum Gasteiger partial charge on any atom is -0.497 e. The Morgan fingerprint density at radius 2 is 1.62 bits per heavy atom. The van der Waals surface area contributed by atoms with E-state index in [9.17, 15) is 4.79 Å². The molecule has 0 aliphatic heterocycles. The summed E-state index contributed by atoms with van der Waals surface area (Å²) in [4.78, 5) is 12.2. The van der Waals surface area contributed by atoms with Crippen LogP contribution in [0.1, 0.15) is 41.3 Å². The van der Waals surface area contributed by atoms with Gasteiger partial charge in [-0.05, 0) is 29.2 Å². The summed E-state index contributed by atoms with van der Waals surface area (Å²) in [6.07, 6.45) is 1.61. The van der Waals surface area contributed by atoms with Gasteiger partial charge in [0.2, 0.25) is 0 Å². The molecule has 0 saturated carbocycles. The summed E-state index contributed by atoms with van der Waals surface area (Å²) in [7, 11) is 3.07. The molecule has 0 atom stereocenters. The van der Waals surface area contributed by atoms with Gasteiger partial charge in [0.25, 0.3) is 5.91 Å². The third-order valence-electron chi connectivity index (χ3n) is 3.60. The zero-order valence-electron chi connectivity index (χ0n) is 14.4. The minimum atomic E-state index is -0.331. The molecule has 0 fully saturated rings. The van der Waals surface area contributed by atoms with Crippen molar-refractivity contribution in [2.24, 2.45) is 5.10 Å². The largest absolute Gasteiger partial charge is 0.497 e. The number of carbonyl (C=O) groups is 1. The Balaban J connectivity index is 2.04. The van der Waals surface area contributed by atoms with Gasteiger partial charge in [-0.1, -0.05) is 38.1 Å². The normalized spacial score (nSPS) is 10.9. The summed E-state index contributed by atoms with van der Waals surface area (Å²) in [5, 5.41) is 4.00. The van der Waals surface area contributed by atoms with E-state index in [4.69, 9.17) is 9.47 Å². The van der Waals surface area contributed by atoms with Crippen molar-refractivity contribution in [2.75, 3.05) is 14.2 Å². The van der Waals surface area contributed by atoms with Crippen LogP contribution in [0.3, 0.4) is 0 Å². The lowest BCUT2D eigenvalue weighted by Crippen LogP contribution is -2.17. The molecule has 0 aliphatic carbocycles. The number of rotatable bonds is 6. The fraction of sp³-hybridized carbons (Fsp3) is 0.263. The third kappa shape index (κ3) is 4.59. The van der Waals surface area contributed by atoms with Crippen LogP contribution in [0.15, 0.2) is 47.6 Å². The van der Waals surface area contributed by atoms with E-state index in [1.54, 1.807) is 24.4 Å². The summed E-state index contributed by atoms with van der Waals surface area (Å²) >= 11 is 0. The number of methoxy groups -OCH3 is 2. The van der Waals surface area contributed by atoms with Crippen molar-refractivity contribution in [3.63, 3.8) is 0 Å². The molecule has 126 valence electrons. The average molecular weight is 326 g/mol. The Labute approximate surface area is 142 Å². The molecule has 2 aromatic rings. The van der Waals surface area contributed by atoms with Crippen LogP contribution < -0.4 is 14.9 Å². The predicted molar refractivity (Wildman–Crippen MR) is 95.1 cm³/mol. The first-order chi connectivity index (χ1) is 11.5. The fourth-order valence-electron chi connectivity index (χ4n) is 2.14. The molecule has 1 amide bonds. The van der Waals surface area contributed by atoms with Gasteiger partial charge >= 0.3 is 0 Å². The number of hydrogen-bond donors (Lipinski definition) is 1. The molecule has 0 unspecified atom stereocenters. The highest BCUT2D eigenvalue weighted by Crippen LogP contribution is 2.22. The lowest BCUT2D eigenvalue weighted by Gasteiger charge is -2.07. The lowest BCUT2D eigenvalue weighted by molar-refractivity contribution is 0.0954. The van der Waals surface area contributed by atoms with Gasteiger partial charge in [-0.2, -0.15) is 5.10 Å². The van der Waals surface area contributed by atoms with E-state index in [0.717, 1.165) is 5.56 Å². The summed E-state index contributed by atoms with van der Waals surface area (Å²) < 4.78 is 10.3. The number of amides is 1. The maximum atomic E-state index is 12.2. The summed E-state index contributed by atoms with van der Waals surface area (Å²) in [5.41, 5.74) is 5.11. The van der Waals surface area contributed by atoms with Crippen LogP contribution in [-0.2, 0) is 0 Å². The highest BCUT2D eigenvalue weighted by Gasteiger charge is 2.09. The number of ether oxygens (including phenoxy) is 2. The SMILES string of the molecule is COc1cc(OC)cc(C(=O)N/N=C\c2ccc(C(C)C)cc2)c1. The van der Waals surface area contributed by atoms with Crippen molar-refractivity contribution in [2.45, 2.75) is 19.8 Å². The standard InChI is InChI=1S/C19H22N2O3/c1-13(2)15-7-5-14(6-8-15)12-20-21-19(22)16-9-17(23-3)11-18(10-16)24-4/h5-13H,1-4H3,(H,21,22)/b20-12-. The van der Waals surface area contributed by atoms with Gasteiger partial charge in [0.15, 0.2) is 0 Å². The van der Waals surface area contributed by atoms with E-state index in [1.807, 2.05) is 12.1 Å². The van der Waals surface area contributed by atoms with E-state index in [2.05, 4.69) is 36.5 Å². The van der Waals surface area contributed by atoms with Crippen molar-refractivity contribution in [3.8, 4) is 11.5 Å². The van der Waals surface area contributed by atoms with Crippen LogP contribution in [0.2, 0.25) is 0 Å². The van der Waals surface area contributed by atoms with Gasteiger partial charge in [-0.15, -0.1) is 0 Å². The number of hydrazone groups is 1. The summed E-state index contributed by atoms with van der Waals surface area (Å²) in [6, 6.07) is 13.0. The van der Waals surface area contributed by atoms with Gasteiger partial charge in [-0.25, -0.2) is 5.43 Å². The molecule has 0 saturated heterocycles. The Morgan fingerprint density at radius 3 is 2.12 bits per heavy atom. The minimum absolute atomic E-state index is 0.331. The second-order valence-electron chi connectivity index (χ2n) is 5.62. The molecule has 1 N–H and O–H groups in total. The van der Waals surface area contributed by atoms with E-state index in [1.165, 1.54) is 19.8 Å². The van der Waals surface area contributed by atoms with Gasteiger partial charge in [0.05, 0.1) is 20.4 Å². The molecule has 0 aliphatic rings. The van der Waals surface area contributed by atoms with Crippen LogP contribution in [-0.4, -0.2) is 26.3 Å². The van der Waals surface area contributed by atoms with E-state index >= 15 is 0 Å². The van der Waals surface area contributed by atoms with E-state index in [-0.39, 0.29) is 5.91 Å². The second-order valence-corrected chi connectivity index (χ2v) is 5.62. The van der Waals surface area contributed by atoms with E-state index < -0.39 is 0 Å². The quantitative estimate of drug-likeness (QED) is 0.652. The van der Waals surface area contributed by atoms with Crippen LogP contribution in [0.25, 0.3) is 0 Å². The lowest BCUT2D eigenvalue weighted by atomic mass is 10.0. The highest BCUT2D eigenvalue weighted by molar-refractivity contribution is 5.95. The van der Waals surface area contributed by atoms with Crippen molar-refractivity contribution in [3.05, 3.63) is 59.2 Å². The molecule has 2 aromatic carbocycles.